The number of cyclic esters (lactones) is 1. The van der Waals surface area contributed by atoms with Crippen molar-refractivity contribution in [1.82, 2.24) is 0 Å². The quantitative estimate of drug-likeness (QED) is 0.493. The number of hydrogen-bond donors (Lipinski definition) is 0. The second-order valence-corrected chi connectivity index (χ2v) is 5.40. The van der Waals surface area contributed by atoms with E-state index < -0.39 is 0 Å². The molecule has 0 saturated carbocycles. The largest absolute Gasteiger partial charge is 0.447 e. The van der Waals surface area contributed by atoms with E-state index >= 15 is 0 Å². The molecule has 1 aliphatic rings. The highest BCUT2D eigenvalue weighted by molar-refractivity contribution is 5.87. The molecule has 1 aliphatic heterocycles. The summed E-state index contributed by atoms with van der Waals surface area (Å²) >= 11 is 0. The number of hydrogen-bond acceptors (Lipinski definition) is 2. The van der Waals surface area contributed by atoms with E-state index in [2.05, 4.69) is 39.8 Å². The van der Waals surface area contributed by atoms with Crippen LogP contribution < -0.4 is 0 Å². The minimum absolute atomic E-state index is 0.0540. The molecule has 0 aromatic heterocycles. The molecular formula is C15H24O2. The standard InChI is InChI=1S/C15H24O2/c1-11(2)10-13(4)7-5-6-12(3)8-9-14-15(16)17-14/h7-8,11,14H,5-6,9-10H2,1-4H3. The lowest BCUT2D eigenvalue weighted by atomic mass is 10.0. The molecule has 0 aromatic rings. The minimum atomic E-state index is -0.136. The Bertz CT molecular complexity index is 324. The van der Waals surface area contributed by atoms with E-state index in [1.54, 1.807) is 0 Å². The van der Waals surface area contributed by atoms with Gasteiger partial charge in [-0.3, -0.25) is 0 Å². The first-order valence-electron chi connectivity index (χ1n) is 6.50. The Morgan fingerprint density at radius 3 is 2.47 bits per heavy atom. The Balaban J connectivity index is 2.18. The fourth-order valence-electron chi connectivity index (χ4n) is 1.93. The summed E-state index contributed by atoms with van der Waals surface area (Å²) in [7, 11) is 0. The van der Waals surface area contributed by atoms with Crippen LogP contribution in [-0.2, 0) is 9.53 Å². The molecule has 0 aromatic carbocycles. The highest BCUT2D eigenvalue weighted by Gasteiger charge is 2.36. The Morgan fingerprint density at radius 1 is 1.29 bits per heavy atom. The molecular weight excluding hydrogens is 212 g/mol. The SMILES string of the molecule is CC(=CCC1OC1=O)CCC=C(C)CC(C)C. The van der Waals surface area contributed by atoms with Crippen LogP contribution in [0.2, 0.25) is 0 Å². The summed E-state index contributed by atoms with van der Waals surface area (Å²) in [6.07, 6.45) is 8.43. The summed E-state index contributed by atoms with van der Waals surface area (Å²) in [6.45, 7) is 8.82. The van der Waals surface area contributed by atoms with Gasteiger partial charge in [0.05, 0.1) is 0 Å². The summed E-state index contributed by atoms with van der Waals surface area (Å²) in [5.74, 6) is 0.683. The molecule has 0 bridgehead atoms. The maximum absolute atomic E-state index is 10.6. The molecule has 0 aliphatic carbocycles. The van der Waals surface area contributed by atoms with Gasteiger partial charge in [0.15, 0.2) is 0 Å². The van der Waals surface area contributed by atoms with Crippen molar-refractivity contribution in [3.8, 4) is 0 Å². The van der Waals surface area contributed by atoms with Gasteiger partial charge in [-0.1, -0.05) is 37.1 Å². The zero-order valence-electron chi connectivity index (χ0n) is 11.5. The zero-order chi connectivity index (χ0) is 12.8. The van der Waals surface area contributed by atoms with Crippen molar-refractivity contribution >= 4 is 5.97 Å². The molecule has 1 atom stereocenters. The van der Waals surface area contributed by atoms with Gasteiger partial charge in [0.1, 0.15) is 0 Å². The number of carbonyl (C=O) groups excluding carboxylic acids is 1. The van der Waals surface area contributed by atoms with E-state index in [1.807, 2.05) is 0 Å². The van der Waals surface area contributed by atoms with Crippen LogP contribution in [0.5, 0.6) is 0 Å². The molecule has 1 rings (SSSR count). The maximum atomic E-state index is 10.6. The van der Waals surface area contributed by atoms with Gasteiger partial charge in [0, 0.05) is 6.42 Å². The molecule has 0 N–H and O–H groups in total. The first kappa shape index (κ1) is 14.0. The predicted octanol–water partition coefficient (Wildman–Crippen LogP) is 4.02. The van der Waals surface area contributed by atoms with Crippen molar-refractivity contribution in [3.63, 3.8) is 0 Å². The topological polar surface area (TPSA) is 29.6 Å². The highest BCUT2D eigenvalue weighted by Crippen LogP contribution is 2.19. The summed E-state index contributed by atoms with van der Waals surface area (Å²) in [5.41, 5.74) is 2.83. The molecule has 2 heteroatoms. The van der Waals surface area contributed by atoms with Crippen LogP contribution in [0.25, 0.3) is 0 Å². The zero-order valence-corrected chi connectivity index (χ0v) is 11.5. The smallest absolute Gasteiger partial charge is 0.348 e. The third-order valence-corrected chi connectivity index (χ3v) is 2.91. The lowest BCUT2D eigenvalue weighted by Crippen LogP contribution is -1.88. The number of carbonyl (C=O) groups is 1. The Labute approximate surface area is 105 Å². The Morgan fingerprint density at radius 2 is 1.94 bits per heavy atom. The van der Waals surface area contributed by atoms with Crippen molar-refractivity contribution in [2.45, 2.75) is 59.5 Å². The third kappa shape index (κ3) is 6.30. The summed E-state index contributed by atoms with van der Waals surface area (Å²) < 4.78 is 4.76. The van der Waals surface area contributed by atoms with Crippen LogP contribution in [0.3, 0.4) is 0 Å². The number of epoxide rings is 1. The van der Waals surface area contributed by atoms with Gasteiger partial charge in [-0.05, 0) is 39.0 Å². The molecule has 17 heavy (non-hydrogen) atoms. The van der Waals surface area contributed by atoms with Gasteiger partial charge in [0.25, 0.3) is 0 Å². The van der Waals surface area contributed by atoms with Crippen molar-refractivity contribution in [3.05, 3.63) is 23.3 Å². The van der Waals surface area contributed by atoms with Gasteiger partial charge >= 0.3 is 5.97 Å². The monoisotopic (exact) mass is 236 g/mol. The summed E-state index contributed by atoms with van der Waals surface area (Å²) in [5, 5.41) is 0. The molecule has 0 spiro atoms. The Hall–Kier alpha value is -1.05. The van der Waals surface area contributed by atoms with Gasteiger partial charge < -0.3 is 4.74 Å². The van der Waals surface area contributed by atoms with Gasteiger partial charge in [-0.2, -0.15) is 0 Å². The van der Waals surface area contributed by atoms with Crippen LogP contribution in [0, 0.1) is 5.92 Å². The summed E-state index contributed by atoms with van der Waals surface area (Å²) in [6, 6.07) is 0. The van der Waals surface area contributed by atoms with E-state index in [1.165, 1.54) is 17.6 Å². The predicted molar refractivity (Wildman–Crippen MR) is 70.7 cm³/mol. The third-order valence-electron chi connectivity index (χ3n) is 2.91. The number of allylic oxidation sites excluding steroid dienone is 3. The normalized spacial score (nSPS) is 20.8. The molecule has 2 nitrogen and oxygen atoms in total. The summed E-state index contributed by atoms with van der Waals surface area (Å²) in [4.78, 5) is 10.6. The molecule has 0 radical (unpaired) electrons. The minimum Gasteiger partial charge on any atom is -0.447 e. The fraction of sp³-hybridized carbons (Fsp3) is 0.667. The molecule has 96 valence electrons. The Kier molecular flexibility index (Phi) is 5.46. The van der Waals surface area contributed by atoms with Crippen molar-refractivity contribution in [2.24, 2.45) is 5.92 Å². The van der Waals surface area contributed by atoms with Crippen LogP contribution in [0.1, 0.15) is 53.4 Å². The van der Waals surface area contributed by atoms with Gasteiger partial charge in [0.2, 0.25) is 6.10 Å². The first-order valence-corrected chi connectivity index (χ1v) is 6.50. The second kappa shape index (κ2) is 6.63. The average Bonchev–Trinajstić information content (AvgIpc) is 2.90. The van der Waals surface area contributed by atoms with Crippen LogP contribution in [0.4, 0.5) is 0 Å². The second-order valence-electron chi connectivity index (χ2n) is 5.40. The lowest BCUT2D eigenvalue weighted by molar-refractivity contribution is -0.117. The van der Waals surface area contributed by atoms with E-state index in [0.717, 1.165) is 25.2 Å². The molecule has 1 fully saturated rings. The van der Waals surface area contributed by atoms with Crippen LogP contribution in [0.15, 0.2) is 23.3 Å². The van der Waals surface area contributed by atoms with E-state index in [9.17, 15) is 4.79 Å². The molecule has 1 saturated heterocycles. The van der Waals surface area contributed by atoms with Crippen LogP contribution >= 0.6 is 0 Å². The average molecular weight is 236 g/mol. The van der Waals surface area contributed by atoms with E-state index in [4.69, 9.17) is 4.74 Å². The fourth-order valence-corrected chi connectivity index (χ4v) is 1.93. The van der Waals surface area contributed by atoms with Gasteiger partial charge in [-0.25, -0.2) is 4.79 Å². The lowest BCUT2D eigenvalue weighted by Gasteiger charge is -2.04. The first-order chi connectivity index (χ1) is 7.99. The highest BCUT2D eigenvalue weighted by atomic mass is 16.6. The number of rotatable bonds is 7. The van der Waals surface area contributed by atoms with Crippen molar-refractivity contribution < 1.29 is 9.53 Å². The molecule has 1 heterocycles. The van der Waals surface area contributed by atoms with E-state index in [0.29, 0.717) is 0 Å². The number of ether oxygens (including phenoxy) is 1. The maximum Gasteiger partial charge on any atom is 0.348 e. The van der Waals surface area contributed by atoms with Crippen molar-refractivity contribution in [2.75, 3.05) is 0 Å². The van der Waals surface area contributed by atoms with Crippen molar-refractivity contribution in [1.29, 1.82) is 0 Å². The van der Waals surface area contributed by atoms with Crippen LogP contribution in [-0.4, -0.2) is 12.1 Å². The van der Waals surface area contributed by atoms with E-state index in [-0.39, 0.29) is 12.1 Å². The molecule has 1 unspecified atom stereocenters. The molecule has 0 amide bonds. The van der Waals surface area contributed by atoms with Gasteiger partial charge in [-0.15, -0.1) is 0 Å².